The lowest BCUT2D eigenvalue weighted by Gasteiger charge is -2.09. The van der Waals surface area contributed by atoms with Crippen LogP contribution in [-0.4, -0.2) is 17.5 Å². The zero-order chi connectivity index (χ0) is 16.8. The highest BCUT2D eigenvalue weighted by atomic mass is 35.5. The molecule has 120 valence electrons. The SMILES string of the molecule is CCOC(=O)c1ccc(NCc2cccc(Cl)c2)c([N+](=O)[O-])c1. The molecule has 0 saturated carbocycles. The molecule has 2 aromatic carbocycles. The average molecular weight is 335 g/mol. The molecular formula is C16H15ClN2O4. The van der Waals surface area contributed by atoms with E-state index in [0.717, 1.165) is 5.56 Å². The Morgan fingerprint density at radius 1 is 1.30 bits per heavy atom. The number of nitrogens with one attached hydrogen (secondary N) is 1. The Bertz CT molecular complexity index is 734. The highest BCUT2D eigenvalue weighted by Gasteiger charge is 2.18. The first-order valence-electron chi connectivity index (χ1n) is 6.95. The molecule has 7 heteroatoms. The van der Waals surface area contributed by atoms with Crippen molar-refractivity contribution in [1.82, 2.24) is 0 Å². The van der Waals surface area contributed by atoms with Gasteiger partial charge in [0.2, 0.25) is 0 Å². The molecule has 0 aliphatic carbocycles. The first-order valence-corrected chi connectivity index (χ1v) is 7.33. The van der Waals surface area contributed by atoms with Crippen molar-refractivity contribution in [3.8, 4) is 0 Å². The number of nitro groups is 1. The second-order valence-corrected chi connectivity index (χ2v) is 5.13. The van der Waals surface area contributed by atoms with E-state index < -0.39 is 10.9 Å². The van der Waals surface area contributed by atoms with E-state index in [1.807, 2.05) is 6.07 Å². The summed E-state index contributed by atoms with van der Waals surface area (Å²) in [5.74, 6) is -0.586. The predicted octanol–water partition coefficient (Wildman–Crippen LogP) is 4.04. The number of carbonyl (C=O) groups is 1. The van der Waals surface area contributed by atoms with E-state index in [9.17, 15) is 14.9 Å². The van der Waals surface area contributed by atoms with Crippen LogP contribution >= 0.6 is 11.6 Å². The van der Waals surface area contributed by atoms with Crippen LogP contribution in [0.1, 0.15) is 22.8 Å². The summed E-state index contributed by atoms with van der Waals surface area (Å²) < 4.78 is 4.85. The summed E-state index contributed by atoms with van der Waals surface area (Å²) >= 11 is 5.91. The number of esters is 1. The molecule has 0 atom stereocenters. The van der Waals surface area contributed by atoms with Crippen molar-refractivity contribution in [1.29, 1.82) is 0 Å². The number of nitro benzene ring substituents is 1. The van der Waals surface area contributed by atoms with E-state index in [0.29, 0.717) is 17.3 Å². The van der Waals surface area contributed by atoms with Gasteiger partial charge >= 0.3 is 5.97 Å². The van der Waals surface area contributed by atoms with E-state index >= 15 is 0 Å². The Kier molecular flexibility index (Phi) is 5.54. The van der Waals surface area contributed by atoms with Gasteiger partial charge in [0.1, 0.15) is 5.69 Å². The Hall–Kier alpha value is -2.60. The van der Waals surface area contributed by atoms with E-state index in [1.165, 1.54) is 18.2 Å². The second-order valence-electron chi connectivity index (χ2n) is 4.69. The van der Waals surface area contributed by atoms with Gasteiger partial charge in [-0.15, -0.1) is 0 Å². The Morgan fingerprint density at radius 2 is 2.09 bits per heavy atom. The van der Waals surface area contributed by atoms with E-state index in [2.05, 4.69) is 5.32 Å². The normalized spacial score (nSPS) is 10.2. The van der Waals surface area contributed by atoms with Gasteiger partial charge in [-0.3, -0.25) is 10.1 Å². The fraction of sp³-hybridized carbons (Fsp3) is 0.188. The maximum atomic E-state index is 11.7. The summed E-state index contributed by atoms with van der Waals surface area (Å²) in [5.41, 5.74) is 1.17. The number of nitrogens with zero attached hydrogens (tertiary/aromatic N) is 1. The summed E-state index contributed by atoms with van der Waals surface area (Å²) in [5, 5.41) is 14.8. The molecule has 0 aliphatic heterocycles. The van der Waals surface area contributed by atoms with Crippen molar-refractivity contribution >= 4 is 28.9 Å². The van der Waals surface area contributed by atoms with E-state index in [1.54, 1.807) is 25.1 Å². The van der Waals surface area contributed by atoms with E-state index in [4.69, 9.17) is 16.3 Å². The third-order valence-corrected chi connectivity index (χ3v) is 3.31. The molecular weight excluding hydrogens is 320 g/mol. The number of anilines is 1. The molecule has 0 aromatic heterocycles. The summed E-state index contributed by atoms with van der Waals surface area (Å²) in [6.07, 6.45) is 0. The molecule has 2 rings (SSSR count). The molecule has 0 fully saturated rings. The molecule has 0 amide bonds. The smallest absolute Gasteiger partial charge is 0.338 e. The number of rotatable bonds is 6. The number of halogens is 1. The second kappa shape index (κ2) is 7.60. The van der Waals surface area contributed by atoms with Crippen molar-refractivity contribution in [2.75, 3.05) is 11.9 Å². The highest BCUT2D eigenvalue weighted by molar-refractivity contribution is 6.30. The molecule has 0 spiro atoms. The van der Waals surface area contributed by atoms with Gasteiger partial charge in [0.25, 0.3) is 5.69 Å². The maximum absolute atomic E-state index is 11.7. The fourth-order valence-electron chi connectivity index (χ4n) is 2.02. The number of carbonyl (C=O) groups excluding carboxylic acids is 1. The molecule has 0 unspecified atom stereocenters. The monoisotopic (exact) mass is 334 g/mol. The minimum atomic E-state index is -0.586. The van der Waals surface area contributed by atoms with Crippen molar-refractivity contribution in [2.45, 2.75) is 13.5 Å². The van der Waals surface area contributed by atoms with Crippen LogP contribution in [0.3, 0.4) is 0 Å². The lowest BCUT2D eigenvalue weighted by molar-refractivity contribution is -0.384. The zero-order valence-corrected chi connectivity index (χ0v) is 13.2. The fourth-order valence-corrected chi connectivity index (χ4v) is 2.23. The molecule has 0 bridgehead atoms. The van der Waals surface area contributed by atoms with Crippen molar-refractivity contribution < 1.29 is 14.5 Å². The van der Waals surface area contributed by atoms with Crippen LogP contribution in [0.4, 0.5) is 11.4 Å². The Balaban J connectivity index is 2.21. The van der Waals surface area contributed by atoms with Crippen molar-refractivity contribution in [3.63, 3.8) is 0 Å². The number of ether oxygens (including phenoxy) is 1. The van der Waals surface area contributed by atoms with Gasteiger partial charge in [0.15, 0.2) is 0 Å². The maximum Gasteiger partial charge on any atom is 0.338 e. The van der Waals surface area contributed by atoms with Crippen LogP contribution in [-0.2, 0) is 11.3 Å². The lowest BCUT2D eigenvalue weighted by atomic mass is 10.1. The Labute approximate surface area is 138 Å². The molecule has 0 aliphatic rings. The third-order valence-electron chi connectivity index (χ3n) is 3.08. The minimum absolute atomic E-state index is 0.145. The topological polar surface area (TPSA) is 81.5 Å². The first-order chi connectivity index (χ1) is 11.0. The van der Waals surface area contributed by atoms with Gasteiger partial charge in [-0.05, 0) is 36.8 Å². The van der Waals surface area contributed by atoms with Gasteiger partial charge in [-0.25, -0.2) is 4.79 Å². The van der Waals surface area contributed by atoms with Gasteiger partial charge in [-0.2, -0.15) is 0 Å². The van der Waals surface area contributed by atoms with Gasteiger partial charge in [-0.1, -0.05) is 23.7 Å². The summed E-state index contributed by atoms with van der Waals surface area (Å²) in [7, 11) is 0. The van der Waals surface area contributed by atoms with Crippen LogP contribution in [0.5, 0.6) is 0 Å². The largest absolute Gasteiger partial charge is 0.462 e. The summed E-state index contributed by atoms with van der Waals surface area (Å²) in [4.78, 5) is 22.3. The van der Waals surface area contributed by atoms with Crippen LogP contribution in [0.15, 0.2) is 42.5 Å². The molecule has 0 saturated heterocycles. The standard InChI is InChI=1S/C16H15ClN2O4/c1-2-23-16(20)12-6-7-14(15(9-12)19(21)22)18-10-11-4-3-5-13(17)8-11/h3-9,18H,2,10H2,1H3. The molecule has 0 heterocycles. The van der Waals surface area contributed by atoms with E-state index in [-0.39, 0.29) is 17.9 Å². The molecule has 2 aromatic rings. The van der Waals surface area contributed by atoms with Gasteiger partial charge in [0.05, 0.1) is 17.1 Å². The third kappa shape index (κ3) is 4.43. The minimum Gasteiger partial charge on any atom is -0.462 e. The summed E-state index contributed by atoms with van der Waals surface area (Å²) in [6, 6.07) is 11.4. The molecule has 0 radical (unpaired) electrons. The zero-order valence-electron chi connectivity index (χ0n) is 12.4. The van der Waals surface area contributed by atoms with Crippen LogP contribution in [0.25, 0.3) is 0 Å². The molecule has 1 N–H and O–H groups in total. The number of benzene rings is 2. The predicted molar refractivity (Wildman–Crippen MR) is 87.8 cm³/mol. The van der Waals surface area contributed by atoms with Crippen LogP contribution in [0.2, 0.25) is 5.02 Å². The molecule has 23 heavy (non-hydrogen) atoms. The lowest BCUT2D eigenvalue weighted by Crippen LogP contribution is -2.07. The quantitative estimate of drug-likeness (QED) is 0.490. The molecule has 6 nitrogen and oxygen atoms in total. The Morgan fingerprint density at radius 3 is 2.74 bits per heavy atom. The van der Waals surface area contributed by atoms with Crippen LogP contribution in [0, 0.1) is 10.1 Å². The number of hydrogen-bond acceptors (Lipinski definition) is 5. The first kappa shape index (κ1) is 16.8. The number of hydrogen-bond donors (Lipinski definition) is 1. The van der Waals surface area contributed by atoms with Crippen LogP contribution < -0.4 is 5.32 Å². The van der Waals surface area contributed by atoms with Gasteiger partial charge < -0.3 is 10.1 Å². The van der Waals surface area contributed by atoms with Crippen molar-refractivity contribution in [3.05, 3.63) is 68.7 Å². The summed E-state index contributed by atoms with van der Waals surface area (Å²) in [6.45, 7) is 2.26. The highest BCUT2D eigenvalue weighted by Crippen LogP contribution is 2.26. The van der Waals surface area contributed by atoms with Gasteiger partial charge in [0, 0.05) is 17.6 Å². The average Bonchev–Trinajstić information content (AvgIpc) is 2.53. The van der Waals surface area contributed by atoms with Crippen molar-refractivity contribution in [2.24, 2.45) is 0 Å².